The van der Waals surface area contributed by atoms with Gasteiger partial charge in [0.25, 0.3) is 0 Å². The number of aromatic nitrogens is 1. The van der Waals surface area contributed by atoms with Crippen molar-refractivity contribution in [1.82, 2.24) is 4.57 Å². The molecule has 3 nitrogen and oxygen atoms in total. The highest BCUT2D eigenvalue weighted by molar-refractivity contribution is 7.07. The van der Waals surface area contributed by atoms with E-state index in [-0.39, 0.29) is 11.9 Å². The van der Waals surface area contributed by atoms with Gasteiger partial charge in [0.2, 0.25) is 0 Å². The Bertz CT molecular complexity index is 1020. The molecule has 140 valence electrons. The van der Waals surface area contributed by atoms with E-state index in [1.165, 1.54) is 17.4 Å². The van der Waals surface area contributed by atoms with E-state index < -0.39 is 0 Å². The second-order valence-electron chi connectivity index (χ2n) is 6.34. The van der Waals surface area contributed by atoms with E-state index in [1.54, 1.807) is 30.3 Å². The summed E-state index contributed by atoms with van der Waals surface area (Å²) in [5.74, 6) is -0.350. The minimum Gasteiger partial charge on any atom is -0.376 e. The maximum absolute atomic E-state index is 14.1. The van der Waals surface area contributed by atoms with Gasteiger partial charge in [0.1, 0.15) is 11.5 Å². The molecule has 1 unspecified atom stereocenters. The molecule has 1 fully saturated rings. The molecule has 2 heterocycles. The van der Waals surface area contributed by atoms with E-state index >= 15 is 0 Å². The summed E-state index contributed by atoms with van der Waals surface area (Å²) in [5.41, 5.74) is 2.04. The van der Waals surface area contributed by atoms with E-state index in [4.69, 9.17) is 27.9 Å². The highest BCUT2D eigenvalue weighted by Crippen LogP contribution is 2.32. The summed E-state index contributed by atoms with van der Waals surface area (Å²) in [7, 11) is 0. The van der Waals surface area contributed by atoms with E-state index in [0.717, 1.165) is 30.7 Å². The molecule has 0 radical (unpaired) electrons. The van der Waals surface area contributed by atoms with Crippen molar-refractivity contribution in [3.63, 3.8) is 0 Å². The normalized spacial score (nSPS) is 17.6. The summed E-state index contributed by atoms with van der Waals surface area (Å²) in [6.45, 7) is 1.40. The van der Waals surface area contributed by atoms with Crippen molar-refractivity contribution in [2.45, 2.75) is 25.5 Å². The van der Waals surface area contributed by atoms with Crippen LogP contribution < -0.4 is 4.80 Å². The zero-order chi connectivity index (χ0) is 18.8. The number of thiazole rings is 1. The lowest BCUT2D eigenvalue weighted by Gasteiger charge is -2.15. The third-order valence-corrected chi connectivity index (χ3v) is 5.91. The molecule has 1 aliphatic rings. The molecular weight excluding hydrogens is 406 g/mol. The molecule has 7 heteroatoms. The maximum atomic E-state index is 14.1. The van der Waals surface area contributed by atoms with Crippen molar-refractivity contribution in [3.05, 3.63) is 68.5 Å². The summed E-state index contributed by atoms with van der Waals surface area (Å²) in [6, 6.07) is 11.9. The van der Waals surface area contributed by atoms with Crippen LogP contribution in [0.25, 0.3) is 11.3 Å². The van der Waals surface area contributed by atoms with Crippen LogP contribution in [0.4, 0.5) is 10.1 Å². The highest BCUT2D eigenvalue weighted by Gasteiger charge is 2.20. The highest BCUT2D eigenvalue weighted by atomic mass is 35.5. The molecule has 1 saturated heterocycles. The Morgan fingerprint density at radius 1 is 1.22 bits per heavy atom. The molecule has 0 spiro atoms. The molecule has 4 rings (SSSR count). The average molecular weight is 423 g/mol. The van der Waals surface area contributed by atoms with E-state index in [1.807, 2.05) is 16.0 Å². The third-order valence-electron chi connectivity index (χ3n) is 4.48. The first-order valence-corrected chi connectivity index (χ1v) is 10.3. The molecule has 1 aliphatic heterocycles. The molecule has 3 aromatic rings. The number of para-hydroxylation sites is 1. The topological polar surface area (TPSA) is 26.5 Å². The van der Waals surface area contributed by atoms with Crippen molar-refractivity contribution in [3.8, 4) is 11.3 Å². The van der Waals surface area contributed by atoms with Gasteiger partial charge in [0.05, 0.1) is 23.4 Å². The third kappa shape index (κ3) is 4.11. The summed E-state index contributed by atoms with van der Waals surface area (Å²) >= 11 is 14.1. The van der Waals surface area contributed by atoms with Gasteiger partial charge in [-0.25, -0.2) is 9.38 Å². The lowest BCUT2D eigenvalue weighted by atomic mass is 10.1. The van der Waals surface area contributed by atoms with Crippen LogP contribution >= 0.6 is 34.5 Å². The fourth-order valence-corrected chi connectivity index (χ4v) is 4.45. The van der Waals surface area contributed by atoms with Crippen LogP contribution in [0.2, 0.25) is 10.0 Å². The zero-order valence-corrected chi connectivity index (χ0v) is 16.7. The fourth-order valence-electron chi connectivity index (χ4n) is 3.14. The fraction of sp³-hybridized carbons (Fsp3) is 0.250. The molecule has 0 aliphatic carbocycles. The van der Waals surface area contributed by atoms with E-state index in [0.29, 0.717) is 27.1 Å². The zero-order valence-electron chi connectivity index (χ0n) is 14.4. The Morgan fingerprint density at radius 3 is 2.85 bits per heavy atom. The molecule has 1 aromatic heterocycles. The summed E-state index contributed by atoms with van der Waals surface area (Å²) in [6.07, 6.45) is 2.14. The smallest absolute Gasteiger partial charge is 0.190 e. The second-order valence-corrected chi connectivity index (χ2v) is 8.02. The predicted octanol–water partition coefficient (Wildman–Crippen LogP) is 6.07. The Hall–Kier alpha value is -1.66. The lowest BCUT2D eigenvalue weighted by Crippen LogP contribution is -2.24. The van der Waals surface area contributed by atoms with Gasteiger partial charge < -0.3 is 9.30 Å². The monoisotopic (exact) mass is 422 g/mol. The van der Waals surface area contributed by atoms with Gasteiger partial charge >= 0.3 is 0 Å². The lowest BCUT2D eigenvalue weighted by molar-refractivity contribution is 0.0968. The Kier molecular flexibility index (Phi) is 5.64. The average Bonchev–Trinajstić information content (AvgIpc) is 3.30. The van der Waals surface area contributed by atoms with Crippen LogP contribution in [-0.4, -0.2) is 17.3 Å². The van der Waals surface area contributed by atoms with Gasteiger partial charge in [-0.3, -0.25) is 0 Å². The molecule has 2 aromatic carbocycles. The van der Waals surface area contributed by atoms with Gasteiger partial charge in [0.15, 0.2) is 4.80 Å². The SMILES string of the molecule is Fc1ccccc1N=c1scc(-c2cc(Cl)ccc2Cl)n1CC1CCCO1. The second kappa shape index (κ2) is 8.15. The molecular formula is C20H17Cl2FN2OS. The number of hydrogen-bond acceptors (Lipinski definition) is 3. The molecule has 0 amide bonds. The van der Waals surface area contributed by atoms with Gasteiger partial charge in [-0.1, -0.05) is 35.3 Å². The van der Waals surface area contributed by atoms with Crippen LogP contribution in [0.3, 0.4) is 0 Å². The first kappa shape index (κ1) is 18.7. The van der Waals surface area contributed by atoms with Crippen LogP contribution in [0.1, 0.15) is 12.8 Å². The predicted molar refractivity (Wildman–Crippen MR) is 108 cm³/mol. The van der Waals surface area contributed by atoms with Gasteiger partial charge in [0, 0.05) is 22.6 Å². The van der Waals surface area contributed by atoms with E-state index in [2.05, 4.69) is 4.99 Å². The van der Waals surface area contributed by atoms with Crippen LogP contribution in [-0.2, 0) is 11.3 Å². The number of nitrogens with zero attached hydrogens (tertiary/aromatic N) is 2. The summed E-state index contributed by atoms with van der Waals surface area (Å²) < 4.78 is 22.0. The Labute approximate surface area is 170 Å². The van der Waals surface area contributed by atoms with Crippen molar-refractivity contribution in [2.75, 3.05) is 6.61 Å². The van der Waals surface area contributed by atoms with Gasteiger partial charge in [-0.15, -0.1) is 11.3 Å². The summed E-state index contributed by atoms with van der Waals surface area (Å²) in [5, 5.41) is 3.19. The molecule has 0 N–H and O–H groups in total. The van der Waals surface area contributed by atoms with Gasteiger partial charge in [-0.05, 0) is 43.2 Å². The van der Waals surface area contributed by atoms with Crippen molar-refractivity contribution < 1.29 is 9.13 Å². The van der Waals surface area contributed by atoms with Crippen molar-refractivity contribution in [1.29, 1.82) is 0 Å². The quantitative estimate of drug-likeness (QED) is 0.500. The number of halogens is 3. The number of rotatable bonds is 4. The number of hydrogen-bond donors (Lipinski definition) is 0. The number of benzene rings is 2. The summed E-state index contributed by atoms with van der Waals surface area (Å²) in [4.78, 5) is 5.25. The van der Waals surface area contributed by atoms with Crippen LogP contribution in [0.15, 0.2) is 52.8 Å². The van der Waals surface area contributed by atoms with Crippen molar-refractivity contribution in [2.24, 2.45) is 4.99 Å². The van der Waals surface area contributed by atoms with Gasteiger partial charge in [-0.2, -0.15) is 0 Å². The first-order chi connectivity index (χ1) is 13.1. The van der Waals surface area contributed by atoms with Crippen LogP contribution in [0, 0.1) is 5.82 Å². The Balaban J connectivity index is 1.86. The van der Waals surface area contributed by atoms with Crippen LogP contribution in [0.5, 0.6) is 0 Å². The molecule has 27 heavy (non-hydrogen) atoms. The number of ether oxygens (including phenoxy) is 1. The van der Waals surface area contributed by atoms with E-state index in [9.17, 15) is 4.39 Å². The minimum atomic E-state index is -0.350. The first-order valence-electron chi connectivity index (χ1n) is 8.66. The molecule has 0 saturated carbocycles. The van der Waals surface area contributed by atoms with Crippen molar-refractivity contribution >= 4 is 40.2 Å². The minimum absolute atomic E-state index is 0.107. The molecule has 0 bridgehead atoms. The standard InChI is InChI=1S/C20H17Cl2FN2OS/c21-13-7-8-16(22)15(10-13)19-12-27-20(24-18-6-2-1-5-17(18)23)25(19)11-14-4-3-9-26-14/h1-2,5-8,10,12,14H,3-4,9,11H2. The maximum Gasteiger partial charge on any atom is 0.190 e. The Morgan fingerprint density at radius 2 is 2.07 bits per heavy atom. The largest absolute Gasteiger partial charge is 0.376 e. The molecule has 1 atom stereocenters.